The third-order valence-corrected chi connectivity index (χ3v) is 5.44. The molecule has 2 saturated heterocycles. The Hall–Kier alpha value is 0.270. The van der Waals surface area contributed by atoms with E-state index in [4.69, 9.17) is 0 Å². The van der Waals surface area contributed by atoms with E-state index in [-0.39, 0.29) is 0 Å². The molecule has 0 aromatic rings. The van der Waals surface area contributed by atoms with Crippen molar-refractivity contribution in [3.05, 3.63) is 0 Å². The summed E-state index contributed by atoms with van der Waals surface area (Å²) in [6, 6.07) is 1.59. The Kier molecular flexibility index (Phi) is 5.64. The number of piperidine rings is 1. The van der Waals surface area contributed by atoms with Gasteiger partial charge in [-0.3, -0.25) is 0 Å². The second-order valence-electron chi connectivity index (χ2n) is 5.71. The zero-order valence-corrected chi connectivity index (χ0v) is 12.3. The minimum Gasteiger partial charge on any atom is -0.310 e. The number of unbranched alkanes of at least 4 members (excludes halogenated alkanes) is 1. The van der Waals surface area contributed by atoms with E-state index in [1.807, 2.05) is 0 Å². The van der Waals surface area contributed by atoms with Crippen molar-refractivity contribution >= 4 is 11.8 Å². The fourth-order valence-corrected chi connectivity index (χ4v) is 4.13. The standard InChI is InChI=1S/C14H28N2S/c1-3-4-7-16-8-5-13(6-9-16)15-14-10-12(2)17-11-14/h12-15H,3-11H2,1-2H3. The summed E-state index contributed by atoms with van der Waals surface area (Å²) in [5.74, 6) is 1.33. The van der Waals surface area contributed by atoms with Crippen LogP contribution in [0.5, 0.6) is 0 Å². The van der Waals surface area contributed by atoms with Gasteiger partial charge in [0.1, 0.15) is 0 Å². The summed E-state index contributed by atoms with van der Waals surface area (Å²) in [6.45, 7) is 8.59. The van der Waals surface area contributed by atoms with Gasteiger partial charge in [0.25, 0.3) is 0 Å². The number of thioether (sulfide) groups is 1. The molecule has 0 saturated carbocycles. The molecule has 0 amide bonds. The first-order valence-electron chi connectivity index (χ1n) is 7.38. The lowest BCUT2D eigenvalue weighted by molar-refractivity contribution is 0.190. The van der Waals surface area contributed by atoms with E-state index in [0.29, 0.717) is 0 Å². The Morgan fingerprint density at radius 1 is 1.24 bits per heavy atom. The molecule has 2 aliphatic heterocycles. The molecular formula is C14H28N2S. The lowest BCUT2D eigenvalue weighted by Crippen LogP contribution is -2.46. The van der Waals surface area contributed by atoms with Gasteiger partial charge >= 0.3 is 0 Å². The molecule has 2 fully saturated rings. The van der Waals surface area contributed by atoms with Crippen LogP contribution in [0.25, 0.3) is 0 Å². The first-order chi connectivity index (χ1) is 8.28. The number of likely N-dealkylation sites (tertiary alicyclic amines) is 1. The van der Waals surface area contributed by atoms with Crippen molar-refractivity contribution in [2.45, 2.75) is 63.3 Å². The highest BCUT2D eigenvalue weighted by atomic mass is 32.2. The van der Waals surface area contributed by atoms with Crippen LogP contribution in [-0.2, 0) is 0 Å². The van der Waals surface area contributed by atoms with Gasteiger partial charge in [-0.15, -0.1) is 0 Å². The molecule has 0 radical (unpaired) electrons. The van der Waals surface area contributed by atoms with Crippen LogP contribution in [0.2, 0.25) is 0 Å². The largest absolute Gasteiger partial charge is 0.310 e. The number of nitrogens with one attached hydrogen (secondary N) is 1. The van der Waals surface area contributed by atoms with Gasteiger partial charge in [-0.25, -0.2) is 0 Å². The van der Waals surface area contributed by atoms with Crippen LogP contribution in [0.4, 0.5) is 0 Å². The second-order valence-corrected chi connectivity index (χ2v) is 7.18. The second kappa shape index (κ2) is 7.01. The van der Waals surface area contributed by atoms with Gasteiger partial charge < -0.3 is 10.2 Å². The van der Waals surface area contributed by atoms with Crippen LogP contribution in [0.15, 0.2) is 0 Å². The molecule has 1 N–H and O–H groups in total. The number of nitrogens with zero attached hydrogens (tertiary/aromatic N) is 1. The molecular weight excluding hydrogens is 228 g/mol. The quantitative estimate of drug-likeness (QED) is 0.814. The van der Waals surface area contributed by atoms with Crippen molar-refractivity contribution in [3.8, 4) is 0 Å². The third-order valence-electron chi connectivity index (χ3n) is 4.09. The Bertz CT molecular complexity index is 214. The van der Waals surface area contributed by atoms with Crippen LogP contribution in [0.3, 0.4) is 0 Å². The van der Waals surface area contributed by atoms with Gasteiger partial charge in [0.15, 0.2) is 0 Å². The zero-order valence-electron chi connectivity index (χ0n) is 11.5. The predicted molar refractivity (Wildman–Crippen MR) is 77.8 cm³/mol. The van der Waals surface area contributed by atoms with Crippen molar-refractivity contribution in [1.29, 1.82) is 0 Å². The van der Waals surface area contributed by atoms with Crippen LogP contribution in [0.1, 0.15) is 46.0 Å². The maximum Gasteiger partial charge on any atom is 0.0171 e. The molecule has 3 heteroatoms. The number of rotatable bonds is 5. The summed E-state index contributed by atoms with van der Waals surface area (Å²) in [5.41, 5.74) is 0. The third kappa shape index (κ3) is 4.46. The highest BCUT2D eigenvalue weighted by molar-refractivity contribution is 8.00. The molecule has 100 valence electrons. The van der Waals surface area contributed by atoms with E-state index < -0.39 is 0 Å². The topological polar surface area (TPSA) is 15.3 Å². The van der Waals surface area contributed by atoms with Crippen LogP contribution in [-0.4, -0.2) is 47.6 Å². The van der Waals surface area contributed by atoms with Crippen LogP contribution in [0, 0.1) is 0 Å². The molecule has 0 bridgehead atoms. The van der Waals surface area contributed by atoms with Gasteiger partial charge in [0, 0.05) is 23.1 Å². The highest BCUT2D eigenvalue weighted by Crippen LogP contribution is 2.27. The van der Waals surface area contributed by atoms with E-state index in [1.54, 1.807) is 0 Å². The van der Waals surface area contributed by atoms with Crippen LogP contribution >= 0.6 is 11.8 Å². The first kappa shape index (κ1) is 13.7. The summed E-state index contributed by atoms with van der Waals surface area (Å²) in [4.78, 5) is 2.65. The number of hydrogen-bond donors (Lipinski definition) is 1. The monoisotopic (exact) mass is 256 g/mol. The molecule has 0 aromatic heterocycles. The lowest BCUT2D eigenvalue weighted by atomic mass is 10.0. The molecule has 0 aromatic carbocycles. The molecule has 2 atom stereocenters. The number of hydrogen-bond acceptors (Lipinski definition) is 3. The zero-order chi connectivity index (χ0) is 12.1. The Morgan fingerprint density at radius 2 is 2.00 bits per heavy atom. The Balaban J connectivity index is 1.62. The predicted octanol–water partition coefficient (Wildman–Crippen LogP) is 2.73. The summed E-state index contributed by atoms with van der Waals surface area (Å²) in [7, 11) is 0. The van der Waals surface area contributed by atoms with Crippen molar-refractivity contribution in [2.75, 3.05) is 25.4 Å². The summed E-state index contributed by atoms with van der Waals surface area (Å²) >= 11 is 2.13. The van der Waals surface area contributed by atoms with Crippen LogP contribution < -0.4 is 5.32 Å². The van der Waals surface area contributed by atoms with Crippen molar-refractivity contribution in [3.63, 3.8) is 0 Å². The maximum absolute atomic E-state index is 3.88. The van der Waals surface area contributed by atoms with Crippen molar-refractivity contribution in [1.82, 2.24) is 10.2 Å². The van der Waals surface area contributed by atoms with E-state index in [1.165, 1.54) is 57.5 Å². The average molecular weight is 256 g/mol. The summed E-state index contributed by atoms with van der Waals surface area (Å²) in [5, 5.41) is 4.75. The van der Waals surface area contributed by atoms with Gasteiger partial charge in [0.05, 0.1) is 0 Å². The maximum atomic E-state index is 3.88. The first-order valence-corrected chi connectivity index (χ1v) is 8.42. The SMILES string of the molecule is CCCCN1CCC(NC2CSC(C)C2)CC1. The van der Waals surface area contributed by atoms with E-state index in [0.717, 1.165) is 17.3 Å². The summed E-state index contributed by atoms with van der Waals surface area (Å²) < 4.78 is 0. The fourth-order valence-electron chi connectivity index (χ4n) is 2.97. The Morgan fingerprint density at radius 3 is 2.59 bits per heavy atom. The van der Waals surface area contributed by atoms with Gasteiger partial charge in [0.2, 0.25) is 0 Å². The van der Waals surface area contributed by atoms with E-state index in [9.17, 15) is 0 Å². The van der Waals surface area contributed by atoms with E-state index in [2.05, 4.69) is 35.8 Å². The Labute approximate surface area is 111 Å². The van der Waals surface area contributed by atoms with Gasteiger partial charge in [-0.1, -0.05) is 20.3 Å². The van der Waals surface area contributed by atoms with Crippen molar-refractivity contribution in [2.24, 2.45) is 0 Å². The smallest absolute Gasteiger partial charge is 0.0171 e. The van der Waals surface area contributed by atoms with Gasteiger partial charge in [-0.05, 0) is 45.3 Å². The normalized spacial score (nSPS) is 32.1. The molecule has 0 aliphatic carbocycles. The molecule has 2 aliphatic rings. The van der Waals surface area contributed by atoms with Crippen molar-refractivity contribution < 1.29 is 0 Å². The van der Waals surface area contributed by atoms with E-state index >= 15 is 0 Å². The average Bonchev–Trinajstić information content (AvgIpc) is 2.74. The lowest BCUT2D eigenvalue weighted by Gasteiger charge is -2.33. The van der Waals surface area contributed by atoms with Gasteiger partial charge in [-0.2, -0.15) is 11.8 Å². The molecule has 2 nitrogen and oxygen atoms in total. The fraction of sp³-hybridized carbons (Fsp3) is 1.00. The minimum absolute atomic E-state index is 0.794. The minimum atomic E-state index is 0.794. The molecule has 17 heavy (non-hydrogen) atoms. The molecule has 2 rings (SSSR count). The summed E-state index contributed by atoms with van der Waals surface area (Å²) in [6.07, 6.45) is 6.80. The molecule has 0 spiro atoms. The molecule has 2 heterocycles. The molecule has 2 unspecified atom stereocenters. The highest BCUT2D eigenvalue weighted by Gasteiger charge is 2.26.